The zero-order valence-electron chi connectivity index (χ0n) is 7.85. The lowest BCUT2D eigenvalue weighted by molar-refractivity contribution is -0.136. The van der Waals surface area contributed by atoms with Gasteiger partial charge in [0.25, 0.3) is 0 Å². The smallest absolute Gasteiger partial charge is 0.417 e. The van der Waals surface area contributed by atoms with Gasteiger partial charge in [0, 0.05) is 23.2 Å². The first-order chi connectivity index (χ1) is 7.02. The first kappa shape index (κ1) is 9.89. The Bertz CT molecular complexity index is 487. The molecule has 80 valence electrons. The molecule has 15 heavy (non-hydrogen) atoms. The fourth-order valence-corrected chi connectivity index (χ4v) is 1.49. The topological polar surface area (TPSA) is 25.0 Å². The van der Waals surface area contributed by atoms with Crippen LogP contribution in [0.1, 0.15) is 5.56 Å². The Morgan fingerprint density at radius 2 is 2.00 bits per heavy atom. The molecule has 5 heteroatoms. The van der Waals surface area contributed by atoms with E-state index >= 15 is 0 Å². The van der Waals surface area contributed by atoms with E-state index in [1.165, 1.54) is 25.4 Å². The zero-order valence-corrected chi connectivity index (χ0v) is 7.85. The molecule has 0 fully saturated rings. The number of ether oxygens (including phenoxy) is 1. The fourth-order valence-electron chi connectivity index (χ4n) is 1.49. The summed E-state index contributed by atoms with van der Waals surface area (Å²) in [7, 11) is 1.34. The molecule has 0 aliphatic rings. The van der Waals surface area contributed by atoms with Crippen LogP contribution in [0.3, 0.4) is 0 Å². The van der Waals surface area contributed by atoms with Crippen LogP contribution in [-0.4, -0.2) is 12.1 Å². The van der Waals surface area contributed by atoms with Crippen LogP contribution in [0.15, 0.2) is 24.4 Å². The average Bonchev–Trinajstić information content (AvgIpc) is 2.61. The maximum absolute atomic E-state index is 12.6. The van der Waals surface area contributed by atoms with E-state index in [1.807, 2.05) is 0 Å². The van der Waals surface area contributed by atoms with Gasteiger partial charge in [0.15, 0.2) is 0 Å². The number of nitrogens with one attached hydrogen (secondary N) is 1. The van der Waals surface area contributed by atoms with E-state index in [0.29, 0.717) is 5.52 Å². The summed E-state index contributed by atoms with van der Waals surface area (Å²) < 4.78 is 42.7. The number of benzene rings is 1. The number of fused-ring (bicyclic) bond motifs is 1. The van der Waals surface area contributed by atoms with Crippen molar-refractivity contribution in [2.24, 2.45) is 0 Å². The predicted octanol–water partition coefficient (Wildman–Crippen LogP) is 3.20. The molecular weight excluding hydrogens is 207 g/mol. The molecule has 0 unspecified atom stereocenters. The standard InChI is InChI=1S/C10H8F3NO/c1-15-6-4-8(10(11,12)13)7-2-3-14-9(7)5-6/h2-5,14H,1H3. The van der Waals surface area contributed by atoms with Crippen LogP contribution in [0.4, 0.5) is 13.2 Å². The number of aromatic nitrogens is 1. The number of aromatic amines is 1. The lowest BCUT2D eigenvalue weighted by Crippen LogP contribution is -2.05. The average molecular weight is 215 g/mol. The minimum atomic E-state index is -4.37. The SMILES string of the molecule is COc1cc(C(F)(F)F)c2cc[nH]c2c1. The third-order valence-corrected chi connectivity index (χ3v) is 2.18. The van der Waals surface area contributed by atoms with Crippen molar-refractivity contribution < 1.29 is 17.9 Å². The molecule has 0 saturated carbocycles. The van der Waals surface area contributed by atoms with E-state index in [9.17, 15) is 13.2 Å². The van der Waals surface area contributed by atoms with Crippen LogP contribution >= 0.6 is 0 Å². The first-order valence-corrected chi connectivity index (χ1v) is 4.24. The molecule has 0 radical (unpaired) electrons. The van der Waals surface area contributed by atoms with Crippen molar-refractivity contribution in [3.63, 3.8) is 0 Å². The van der Waals surface area contributed by atoms with Gasteiger partial charge in [-0.2, -0.15) is 13.2 Å². The van der Waals surface area contributed by atoms with Crippen molar-refractivity contribution >= 4 is 10.9 Å². The molecule has 1 aromatic heterocycles. The van der Waals surface area contributed by atoms with Gasteiger partial charge < -0.3 is 9.72 Å². The maximum Gasteiger partial charge on any atom is 0.417 e. The highest BCUT2D eigenvalue weighted by molar-refractivity contribution is 5.85. The summed E-state index contributed by atoms with van der Waals surface area (Å²) in [4.78, 5) is 2.73. The van der Waals surface area contributed by atoms with Crippen LogP contribution in [0.2, 0.25) is 0 Å². The highest BCUT2D eigenvalue weighted by Crippen LogP contribution is 2.37. The van der Waals surface area contributed by atoms with Crippen molar-refractivity contribution in [3.8, 4) is 5.75 Å². The molecule has 2 aromatic rings. The molecule has 0 saturated heterocycles. The molecule has 0 spiro atoms. The molecule has 0 bridgehead atoms. The van der Waals surface area contributed by atoms with Crippen molar-refractivity contribution in [1.29, 1.82) is 0 Å². The number of halogens is 3. The van der Waals surface area contributed by atoms with Crippen molar-refractivity contribution in [1.82, 2.24) is 4.98 Å². The van der Waals surface area contributed by atoms with Gasteiger partial charge in [-0.25, -0.2) is 0 Å². The normalized spacial score (nSPS) is 12.0. The van der Waals surface area contributed by atoms with Gasteiger partial charge in [0.05, 0.1) is 12.7 Å². The Balaban J connectivity index is 2.74. The maximum atomic E-state index is 12.6. The Morgan fingerprint density at radius 1 is 1.27 bits per heavy atom. The Labute approximate surface area is 83.7 Å². The third kappa shape index (κ3) is 1.65. The van der Waals surface area contributed by atoms with E-state index in [2.05, 4.69) is 4.98 Å². The molecule has 0 aliphatic heterocycles. The summed E-state index contributed by atoms with van der Waals surface area (Å²) >= 11 is 0. The number of methoxy groups -OCH3 is 1. The second-order valence-corrected chi connectivity index (χ2v) is 3.11. The summed E-state index contributed by atoms with van der Waals surface area (Å²) in [6, 6.07) is 3.93. The van der Waals surface area contributed by atoms with Gasteiger partial charge in [-0.05, 0) is 12.1 Å². The number of hydrogen-bond donors (Lipinski definition) is 1. The summed E-state index contributed by atoms with van der Waals surface area (Å²) in [6.45, 7) is 0. The van der Waals surface area contributed by atoms with Crippen molar-refractivity contribution in [2.75, 3.05) is 7.11 Å². The Morgan fingerprint density at radius 3 is 2.60 bits per heavy atom. The molecule has 0 atom stereocenters. The molecule has 1 heterocycles. The van der Waals surface area contributed by atoms with Crippen LogP contribution in [0, 0.1) is 0 Å². The van der Waals surface area contributed by atoms with E-state index in [0.717, 1.165) is 6.07 Å². The second kappa shape index (κ2) is 3.18. The van der Waals surface area contributed by atoms with E-state index in [4.69, 9.17) is 4.74 Å². The Hall–Kier alpha value is -1.65. The number of rotatable bonds is 1. The molecule has 1 aromatic carbocycles. The highest BCUT2D eigenvalue weighted by atomic mass is 19.4. The van der Waals surface area contributed by atoms with Gasteiger partial charge in [-0.3, -0.25) is 0 Å². The van der Waals surface area contributed by atoms with Crippen molar-refractivity contribution in [3.05, 3.63) is 30.0 Å². The largest absolute Gasteiger partial charge is 0.497 e. The van der Waals surface area contributed by atoms with Gasteiger partial charge in [0.1, 0.15) is 5.75 Å². The Kier molecular flexibility index (Phi) is 2.10. The number of hydrogen-bond acceptors (Lipinski definition) is 1. The molecule has 2 nitrogen and oxygen atoms in total. The first-order valence-electron chi connectivity index (χ1n) is 4.24. The van der Waals surface area contributed by atoms with Crippen LogP contribution in [0.5, 0.6) is 5.75 Å². The number of alkyl halides is 3. The van der Waals surface area contributed by atoms with Gasteiger partial charge >= 0.3 is 6.18 Å². The second-order valence-electron chi connectivity index (χ2n) is 3.11. The minimum Gasteiger partial charge on any atom is -0.497 e. The zero-order chi connectivity index (χ0) is 11.1. The van der Waals surface area contributed by atoms with E-state index in [-0.39, 0.29) is 11.1 Å². The minimum absolute atomic E-state index is 0.156. The summed E-state index contributed by atoms with van der Waals surface area (Å²) in [5.41, 5.74) is -0.264. The summed E-state index contributed by atoms with van der Waals surface area (Å²) in [5, 5.41) is 0.156. The highest BCUT2D eigenvalue weighted by Gasteiger charge is 2.33. The molecule has 0 aliphatic carbocycles. The lowest BCUT2D eigenvalue weighted by Gasteiger charge is -2.10. The van der Waals surface area contributed by atoms with Gasteiger partial charge in [-0.1, -0.05) is 0 Å². The van der Waals surface area contributed by atoms with Crippen LogP contribution in [-0.2, 0) is 6.18 Å². The van der Waals surface area contributed by atoms with Crippen LogP contribution in [0.25, 0.3) is 10.9 Å². The quantitative estimate of drug-likeness (QED) is 0.776. The fraction of sp³-hybridized carbons (Fsp3) is 0.200. The van der Waals surface area contributed by atoms with Gasteiger partial charge in [0.2, 0.25) is 0 Å². The molecule has 0 amide bonds. The molecule has 1 N–H and O–H groups in total. The summed E-state index contributed by atoms with van der Waals surface area (Å²) in [5.74, 6) is 0.192. The van der Waals surface area contributed by atoms with Gasteiger partial charge in [-0.15, -0.1) is 0 Å². The number of H-pyrrole nitrogens is 1. The molecular formula is C10H8F3NO. The van der Waals surface area contributed by atoms with E-state index in [1.54, 1.807) is 0 Å². The lowest BCUT2D eigenvalue weighted by atomic mass is 10.1. The molecule has 2 rings (SSSR count). The van der Waals surface area contributed by atoms with Crippen molar-refractivity contribution in [2.45, 2.75) is 6.18 Å². The summed E-state index contributed by atoms with van der Waals surface area (Å²) in [6.07, 6.45) is -2.89. The predicted molar refractivity (Wildman–Crippen MR) is 49.9 cm³/mol. The monoisotopic (exact) mass is 215 g/mol. The third-order valence-electron chi connectivity index (χ3n) is 2.18. The van der Waals surface area contributed by atoms with Crippen LogP contribution < -0.4 is 4.74 Å². The van der Waals surface area contributed by atoms with E-state index < -0.39 is 11.7 Å².